The first kappa shape index (κ1) is 19.8. The zero-order chi connectivity index (χ0) is 17.9. The molecule has 0 bridgehead atoms. The van der Waals surface area contributed by atoms with Gasteiger partial charge in [0.1, 0.15) is 12.4 Å². The standard InChI is InChI=1S/C18H27ClN2O4/c1-23-11-12-25-17-8-7-14(13-16(17)19)21-18(22)20-9-4-10-24-15-5-2-3-6-15/h7-8,13,15H,2-6,9-12H2,1H3,(H2,20,21,22). The summed E-state index contributed by atoms with van der Waals surface area (Å²) in [7, 11) is 1.61. The molecule has 2 amide bonds. The molecule has 1 aliphatic carbocycles. The zero-order valence-electron chi connectivity index (χ0n) is 14.7. The Balaban J connectivity index is 1.63. The monoisotopic (exact) mass is 370 g/mol. The van der Waals surface area contributed by atoms with Gasteiger partial charge in [-0.3, -0.25) is 0 Å². The lowest BCUT2D eigenvalue weighted by atomic mass is 10.3. The Bertz CT molecular complexity index is 536. The Morgan fingerprint density at radius 1 is 1.24 bits per heavy atom. The third-order valence-corrected chi connectivity index (χ3v) is 4.29. The van der Waals surface area contributed by atoms with Crippen LogP contribution in [0.5, 0.6) is 5.75 Å². The second kappa shape index (κ2) is 11.2. The molecule has 1 aromatic carbocycles. The fourth-order valence-corrected chi connectivity index (χ4v) is 2.92. The first-order valence-electron chi connectivity index (χ1n) is 8.77. The Morgan fingerprint density at radius 2 is 2.04 bits per heavy atom. The summed E-state index contributed by atoms with van der Waals surface area (Å²) in [5, 5.41) is 6.01. The smallest absolute Gasteiger partial charge is 0.319 e. The van der Waals surface area contributed by atoms with Crippen LogP contribution in [0.2, 0.25) is 5.02 Å². The molecular weight excluding hydrogens is 344 g/mol. The van der Waals surface area contributed by atoms with Crippen molar-refractivity contribution in [2.24, 2.45) is 0 Å². The normalized spacial score (nSPS) is 14.5. The molecule has 0 aliphatic heterocycles. The van der Waals surface area contributed by atoms with E-state index in [9.17, 15) is 4.79 Å². The van der Waals surface area contributed by atoms with Crippen LogP contribution in [0, 0.1) is 0 Å². The quantitative estimate of drug-likeness (QED) is 0.614. The predicted molar refractivity (Wildman–Crippen MR) is 98.7 cm³/mol. The van der Waals surface area contributed by atoms with E-state index in [1.165, 1.54) is 25.7 Å². The highest BCUT2D eigenvalue weighted by Crippen LogP contribution is 2.27. The molecule has 7 heteroatoms. The van der Waals surface area contributed by atoms with Gasteiger partial charge in [-0.2, -0.15) is 0 Å². The Labute approximate surface area is 154 Å². The fourth-order valence-electron chi connectivity index (χ4n) is 2.69. The SMILES string of the molecule is COCCOc1ccc(NC(=O)NCCCOC2CCCC2)cc1Cl. The zero-order valence-corrected chi connectivity index (χ0v) is 15.4. The number of benzene rings is 1. The molecule has 6 nitrogen and oxygen atoms in total. The third kappa shape index (κ3) is 7.50. The van der Waals surface area contributed by atoms with Gasteiger partial charge in [-0.25, -0.2) is 4.79 Å². The maximum atomic E-state index is 11.9. The number of anilines is 1. The van der Waals surface area contributed by atoms with Crippen molar-refractivity contribution in [3.8, 4) is 5.75 Å². The number of ether oxygens (including phenoxy) is 3. The van der Waals surface area contributed by atoms with Crippen molar-refractivity contribution in [3.05, 3.63) is 23.2 Å². The average Bonchev–Trinajstić information content (AvgIpc) is 3.10. The first-order valence-corrected chi connectivity index (χ1v) is 9.14. The van der Waals surface area contributed by atoms with Crippen LogP contribution in [0.3, 0.4) is 0 Å². The molecule has 0 atom stereocenters. The summed E-state index contributed by atoms with van der Waals surface area (Å²) < 4.78 is 16.2. The Kier molecular flexibility index (Phi) is 8.86. The van der Waals surface area contributed by atoms with Gasteiger partial charge in [-0.05, 0) is 37.5 Å². The Hall–Kier alpha value is -1.50. The number of amides is 2. The van der Waals surface area contributed by atoms with E-state index in [1.807, 2.05) is 0 Å². The van der Waals surface area contributed by atoms with E-state index in [-0.39, 0.29) is 6.03 Å². The van der Waals surface area contributed by atoms with Gasteiger partial charge in [0.25, 0.3) is 0 Å². The van der Waals surface area contributed by atoms with Crippen molar-refractivity contribution in [2.75, 3.05) is 38.8 Å². The second-order valence-corrected chi connectivity index (χ2v) is 6.41. The van der Waals surface area contributed by atoms with Gasteiger partial charge < -0.3 is 24.8 Å². The highest BCUT2D eigenvalue weighted by Gasteiger charge is 2.14. The summed E-state index contributed by atoms with van der Waals surface area (Å²) in [5.74, 6) is 0.564. The van der Waals surface area contributed by atoms with E-state index in [4.69, 9.17) is 25.8 Å². The van der Waals surface area contributed by atoms with E-state index in [0.717, 1.165) is 6.42 Å². The van der Waals surface area contributed by atoms with E-state index >= 15 is 0 Å². The van der Waals surface area contributed by atoms with E-state index in [0.29, 0.717) is 48.9 Å². The molecule has 1 saturated carbocycles. The number of methoxy groups -OCH3 is 1. The number of carbonyl (C=O) groups is 1. The van der Waals surface area contributed by atoms with E-state index in [1.54, 1.807) is 25.3 Å². The maximum Gasteiger partial charge on any atom is 0.319 e. The van der Waals surface area contributed by atoms with Crippen molar-refractivity contribution in [1.82, 2.24) is 5.32 Å². The van der Waals surface area contributed by atoms with Crippen molar-refractivity contribution >= 4 is 23.3 Å². The minimum absolute atomic E-state index is 0.259. The molecule has 0 aromatic heterocycles. The van der Waals surface area contributed by atoms with Gasteiger partial charge in [0.2, 0.25) is 0 Å². The van der Waals surface area contributed by atoms with Crippen molar-refractivity contribution < 1.29 is 19.0 Å². The van der Waals surface area contributed by atoms with Crippen LogP contribution in [0.25, 0.3) is 0 Å². The molecule has 0 radical (unpaired) electrons. The molecule has 25 heavy (non-hydrogen) atoms. The number of rotatable bonds is 10. The third-order valence-electron chi connectivity index (χ3n) is 4.00. The number of hydrogen-bond donors (Lipinski definition) is 2. The minimum Gasteiger partial charge on any atom is -0.490 e. The molecule has 0 unspecified atom stereocenters. The molecule has 1 fully saturated rings. The lowest BCUT2D eigenvalue weighted by molar-refractivity contribution is 0.0572. The fraction of sp³-hybridized carbons (Fsp3) is 0.611. The number of urea groups is 1. The highest BCUT2D eigenvalue weighted by molar-refractivity contribution is 6.32. The summed E-state index contributed by atoms with van der Waals surface area (Å²) in [6.45, 7) is 2.17. The molecule has 140 valence electrons. The molecular formula is C18H27ClN2O4. The molecule has 1 aliphatic rings. The Morgan fingerprint density at radius 3 is 2.76 bits per heavy atom. The van der Waals surface area contributed by atoms with Crippen molar-refractivity contribution in [3.63, 3.8) is 0 Å². The number of nitrogens with one attached hydrogen (secondary N) is 2. The van der Waals surface area contributed by atoms with Crippen LogP contribution in [0.15, 0.2) is 18.2 Å². The summed E-state index contributed by atoms with van der Waals surface area (Å²) in [6, 6.07) is 4.87. The summed E-state index contributed by atoms with van der Waals surface area (Å²) in [4.78, 5) is 11.9. The van der Waals surface area contributed by atoms with Crippen LogP contribution in [0.4, 0.5) is 10.5 Å². The summed E-state index contributed by atoms with van der Waals surface area (Å²) in [5.41, 5.74) is 0.615. The molecule has 0 heterocycles. The largest absolute Gasteiger partial charge is 0.490 e. The van der Waals surface area contributed by atoms with Gasteiger partial charge in [0, 0.05) is 25.9 Å². The molecule has 2 N–H and O–H groups in total. The van der Waals surface area contributed by atoms with Crippen LogP contribution in [0.1, 0.15) is 32.1 Å². The van der Waals surface area contributed by atoms with Gasteiger partial charge >= 0.3 is 6.03 Å². The molecule has 0 spiro atoms. The van der Waals surface area contributed by atoms with Crippen molar-refractivity contribution in [2.45, 2.75) is 38.2 Å². The first-order chi connectivity index (χ1) is 12.2. The minimum atomic E-state index is -0.259. The van der Waals surface area contributed by atoms with E-state index in [2.05, 4.69) is 10.6 Å². The van der Waals surface area contributed by atoms with Crippen molar-refractivity contribution in [1.29, 1.82) is 0 Å². The summed E-state index contributed by atoms with van der Waals surface area (Å²) >= 11 is 6.15. The molecule has 1 aromatic rings. The molecule has 2 rings (SSSR count). The van der Waals surface area contributed by atoms with Gasteiger partial charge in [0.05, 0.1) is 17.7 Å². The topological polar surface area (TPSA) is 68.8 Å². The molecule has 0 saturated heterocycles. The number of hydrogen-bond acceptors (Lipinski definition) is 4. The summed E-state index contributed by atoms with van der Waals surface area (Å²) in [6.07, 6.45) is 6.09. The van der Waals surface area contributed by atoms with Crippen LogP contribution in [-0.2, 0) is 9.47 Å². The van der Waals surface area contributed by atoms with Gasteiger partial charge in [-0.1, -0.05) is 24.4 Å². The van der Waals surface area contributed by atoms with Crippen LogP contribution in [-0.4, -0.2) is 45.6 Å². The average molecular weight is 371 g/mol. The van der Waals surface area contributed by atoms with Gasteiger partial charge in [-0.15, -0.1) is 0 Å². The lowest BCUT2D eigenvalue weighted by Crippen LogP contribution is -2.30. The lowest BCUT2D eigenvalue weighted by Gasteiger charge is -2.12. The van der Waals surface area contributed by atoms with E-state index < -0.39 is 0 Å². The van der Waals surface area contributed by atoms with Crippen LogP contribution < -0.4 is 15.4 Å². The maximum absolute atomic E-state index is 11.9. The predicted octanol–water partition coefficient (Wildman–Crippen LogP) is 3.84. The number of halogens is 1. The number of carbonyl (C=O) groups excluding carboxylic acids is 1. The van der Waals surface area contributed by atoms with Crippen LogP contribution >= 0.6 is 11.6 Å². The van der Waals surface area contributed by atoms with Gasteiger partial charge in [0.15, 0.2) is 0 Å². The second-order valence-electron chi connectivity index (χ2n) is 6.00. The highest BCUT2D eigenvalue weighted by atomic mass is 35.5.